The van der Waals surface area contributed by atoms with E-state index in [4.69, 9.17) is 5.73 Å². The minimum atomic E-state index is 0.695. The fourth-order valence-electron chi connectivity index (χ4n) is 2.04. The summed E-state index contributed by atoms with van der Waals surface area (Å²) in [7, 11) is 0. The predicted octanol–water partition coefficient (Wildman–Crippen LogP) is 3.02. The summed E-state index contributed by atoms with van der Waals surface area (Å²) in [6.07, 6.45) is 2.94. The van der Waals surface area contributed by atoms with Crippen LogP contribution in [0.25, 0.3) is 0 Å². The molecular formula is C15H21N3. The lowest BCUT2D eigenvalue weighted by Gasteiger charge is -2.08. The maximum Gasteiger partial charge on any atom is 0.124 e. The Balaban J connectivity index is 2.08. The number of hydrogen-bond donors (Lipinski definition) is 1. The van der Waals surface area contributed by atoms with E-state index >= 15 is 0 Å². The van der Waals surface area contributed by atoms with Gasteiger partial charge in [-0.05, 0) is 30.4 Å². The molecular weight excluding hydrogens is 222 g/mol. The fourth-order valence-corrected chi connectivity index (χ4v) is 2.04. The molecule has 0 radical (unpaired) electrons. The van der Waals surface area contributed by atoms with E-state index in [9.17, 15) is 0 Å². The fraction of sp³-hybridized carbons (Fsp3) is 0.400. The zero-order valence-corrected chi connectivity index (χ0v) is 11.4. The third-order valence-corrected chi connectivity index (χ3v) is 3.07. The van der Waals surface area contributed by atoms with Crippen molar-refractivity contribution in [1.82, 2.24) is 9.78 Å². The number of anilines is 1. The first-order valence-electron chi connectivity index (χ1n) is 6.42. The van der Waals surface area contributed by atoms with Crippen molar-refractivity contribution in [1.29, 1.82) is 0 Å². The molecule has 1 aromatic carbocycles. The van der Waals surface area contributed by atoms with E-state index in [0.717, 1.165) is 24.3 Å². The molecule has 0 saturated heterocycles. The molecule has 1 heterocycles. The zero-order valence-electron chi connectivity index (χ0n) is 11.4. The van der Waals surface area contributed by atoms with Gasteiger partial charge in [0.2, 0.25) is 0 Å². The molecule has 0 atom stereocenters. The molecule has 3 nitrogen and oxygen atoms in total. The summed E-state index contributed by atoms with van der Waals surface area (Å²) in [6.45, 7) is 7.19. The number of rotatable bonds is 4. The minimum Gasteiger partial charge on any atom is -0.384 e. The van der Waals surface area contributed by atoms with Crippen LogP contribution in [0.15, 0.2) is 30.5 Å². The van der Waals surface area contributed by atoms with E-state index in [1.165, 1.54) is 11.1 Å². The Bertz CT molecular complexity index is 509. The Morgan fingerprint density at radius 3 is 2.28 bits per heavy atom. The molecule has 2 rings (SSSR count). The van der Waals surface area contributed by atoms with Gasteiger partial charge in [-0.1, -0.05) is 38.1 Å². The number of aromatic nitrogens is 2. The highest BCUT2D eigenvalue weighted by Crippen LogP contribution is 2.14. The third kappa shape index (κ3) is 2.92. The molecule has 2 aromatic rings. The number of nitrogen functional groups attached to an aromatic ring is 1. The minimum absolute atomic E-state index is 0.695. The van der Waals surface area contributed by atoms with Crippen molar-refractivity contribution in [2.75, 3.05) is 5.73 Å². The van der Waals surface area contributed by atoms with Crippen molar-refractivity contribution in [2.24, 2.45) is 5.92 Å². The van der Waals surface area contributed by atoms with Crippen LogP contribution in [0.5, 0.6) is 0 Å². The van der Waals surface area contributed by atoms with Gasteiger partial charge in [-0.15, -0.1) is 0 Å². The average Bonchev–Trinajstić information content (AvgIpc) is 2.63. The molecule has 0 spiro atoms. The van der Waals surface area contributed by atoms with Gasteiger partial charge >= 0.3 is 0 Å². The summed E-state index contributed by atoms with van der Waals surface area (Å²) in [5, 5.41) is 4.27. The van der Waals surface area contributed by atoms with Crippen LogP contribution in [0.1, 0.15) is 30.5 Å². The summed E-state index contributed by atoms with van der Waals surface area (Å²) in [6, 6.07) is 8.71. The van der Waals surface area contributed by atoms with Crippen molar-refractivity contribution in [2.45, 2.75) is 33.7 Å². The number of aryl methyl sites for hydroxylation is 1. The second-order valence-corrected chi connectivity index (χ2v) is 5.28. The van der Waals surface area contributed by atoms with Gasteiger partial charge in [-0.2, -0.15) is 5.10 Å². The molecule has 0 amide bonds. The number of nitrogens with zero attached hydrogens (tertiary/aromatic N) is 2. The molecule has 0 fully saturated rings. The van der Waals surface area contributed by atoms with Crippen LogP contribution >= 0.6 is 0 Å². The van der Waals surface area contributed by atoms with Crippen LogP contribution in [0.3, 0.4) is 0 Å². The quantitative estimate of drug-likeness (QED) is 0.897. The molecule has 3 heteroatoms. The van der Waals surface area contributed by atoms with Crippen LogP contribution < -0.4 is 5.73 Å². The Morgan fingerprint density at radius 1 is 1.17 bits per heavy atom. The number of hydrogen-bond acceptors (Lipinski definition) is 2. The first kappa shape index (κ1) is 12.7. The molecule has 0 unspecified atom stereocenters. The van der Waals surface area contributed by atoms with Gasteiger partial charge in [0.1, 0.15) is 5.82 Å². The van der Waals surface area contributed by atoms with Crippen molar-refractivity contribution in [3.05, 3.63) is 47.2 Å². The zero-order chi connectivity index (χ0) is 13.1. The molecule has 1 aromatic heterocycles. The van der Waals surface area contributed by atoms with Crippen LogP contribution in [-0.4, -0.2) is 9.78 Å². The SMILES string of the molecule is Cc1cnn(Cc2ccc(CC(C)C)cc2)c1N. The monoisotopic (exact) mass is 243 g/mol. The van der Waals surface area contributed by atoms with Gasteiger partial charge in [-0.3, -0.25) is 0 Å². The van der Waals surface area contributed by atoms with Crippen molar-refractivity contribution < 1.29 is 0 Å². The lowest BCUT2D eigenvalue weighted by atomic mass is 10.0. The Morgan fingerprint density at radius 2 is 1.78 bits per heavy atom. The normalized spacial score (nSPS) is 11.1. The lowest BCUT2D eigenvalue weighted by molar-refractivity contribution is 0.646. The first-order chi connectivity index (χ1) is 8.56. The average molecular weight is 243 g/mol. The maximum absolute atomic E-state index is 5.95. The van der Waals surface area contributed by atoms with Crippen LogP contribution in [0, 0.1) is 12.8 Å². The molecule has 0 bridgehead atoms. The van der Waals surface area contributed by atoms with E-state index in [1.807, 2.05) is 17.8 Å². The number of benzene rings is 1. The summed E-state index contributed by atoms with van der Waals surface area (Å²) in [4.78, 5) is 0. The summed E-state index contributed by atoms with van der Waals surface area (Å²) in [5.41, 5.74) is 9.60. The van der Waals surface area contributed by atoms with Gasteiger partial charge in [0.25, 0.3) is 0 Å². The van der Waals surface area contributed by atoms with Crippen molar-refractivity contribution in [3.63, 3.8) is 0 Å². The molecule has 2 N–H and O–H groups in total. The highest BCUT2D eigenvalue weighted by Gasteiger charge is 2.04. The van der Waals surface area contributed by atoms with Crippen LogP contribution in [-0.2, 0) is 13.0 Å². The van der Waals surface area contributed by atoms with E-state index in [-0.39, 0.29) is 0 Å². The Kier molecular flexibility index (Phi) is 3.70. The van der Waals surface area contributed by atoms with Gasteiger partial charge in [-0.25, -0.2) is 4.68 Å². The van der Waals surface area contributed by atoms with Gasteiger partial charge < -0.3 is 5.73 Å². The highest BCUT2D eigenvalue weighted by molar-refractivity contribution is 5.38. The van der Waals surface area contributed by atoms with E-state index in [0.29, 0.717) is 5.92 Å². The molecule has 96 valence electrons. The van der Waals surface area contributed by atoms with Crippen LogP contribution in [0.4, 0.5) is 5.82 Å². The standard InChI is InChI=1S/C15H21N3/c1-11(2)8-13-4-6-14(7-5-13)10-18-15(16)12(3)9-17-18/h4-7,9,11H,8,10,16H2,1-3H3. The molecule has 0 aliphatic rings. The summed E-state index contributed by atoms with van der Waals surface area (Å²) in [5.74, 6) is 1.45. The molecule has 0 aliphatic heterocycles. The molecule has 0 aliphatic carbocycles. The maximum atomic E-state index is 5.95. The largest absolute Gasteiger partial charge is 0.384 e. The second kappa shape index (κ2) is 5.25. The van der Waals surface area contributed by atoms with Gasteiger partial charge in [0, 0.05) is 5.56 Å². The lowest BCUT2D eigenvalue weighted by Crippen LogP contribution is -2.06. The van der Waals surface area contributed by atoms with Gasteiger partial charge in [0.15, 0.2) is 0 Å². The molecule has 0 saturated carbocycles. The Hall–Kier alpha value is -1.77. The van der Waals surface area contributed by atoms with E-state index < -0.39 is 0 Å². The van der Waals surface area contributed by atoms with E-state index in [1.54, 1.807) is 0 Å². The molecule has 18 heavy (non-hydrogen) atoms. The topological polar surface area (TPSA) is 43.8 Å². The van der Waals surface area contributed by atoms with E-state index in [2.05, 4.69) is 43.2 Å². The summed E-state index contributed by atoms with van der Waals surface area (Å²) < 4.78 is 1.84. The van der Waals surface area contributed by atoms with Gasteiger partial charge in [0.05, 0.1) is 12.7 Å². The smallest absolute Gasteiger partial charge is 0.124 e. The summed E-state index contributed by atoms with van der Waals surface area (Å²) >= 11 is 0. The highest BCUT2D eigenvalue weighted by atomic mass is 15.3. The predicted molar refractivity (Wildman–Crippen MR) is 75.5 cm³/mol. The first-order valence-corrected chi connectivity index (χ1v) is 6.42. The third-order valence-electron chi connectivity index (χ3n) is 3.07. The Labute approximate surface area is 109 Å². The number of nitrogens with two attached hydrogens (primary N) is 1. The second-order valence-electron chi connectivity index (χ2n) is 5.28. The van der Waals surface area contributed by atoms with Crippen LogP contribution in [0.2, 0.25) is 0 Å². The van der Waals surface area contributed by atoms with Crippen molar-refractivity contribution in [3.8, 4) is 0 Å². The van der Waals surface area contributed by atoms with Crippen molar-refractivity contribution >= 4 is 5.82 Å².